The zero-order valence-electron chi connectivity index (χ0n) is 15.8. The van der Waals surface area contributed by atoms with Gasteiger partial charge in [0.05, 0.1) is 20.3 Å². The molecule has 148 valence electrons. The van der Waals surface area contributed by atoms with Gasteiger partial charge in [0, 0.05) is 10.5 Å². The zero-order valence-corrected chi connectivity index (χ0v) is 18.2. The topological polar surface area (TPSA) is 73.9 Å². The van der Waals surface area contributed by atoms with E-state index >= 15 is 0 Å². The third kappa shape index (κ3) is 5.37. The molecule has 0 aromatic heterocycles. The Morgan fingerprint density at radius 1 is 1.00 bits per heavy atom. The van der Waals surface area contributed by atoms with Gasteiger partial charge in [-0.05, 0) is 56.7 Å². The molecule has 0 radical (unpaired) electrons. The van der Waals surface area contributed by atoms with Crippen LogP contribution in [0, 0.1) is 0 Å². The van der Waals surface area contributed by atoms with Crippen LogP contribution in [0.15, 0.2) is 45.8 Å². The molecule has 0 saturated carbocycles. The van der Waals surface area contributed by atoms with Gasteiger partial charge in [0.25, 0.3) is 0 Å². The van der Waals surface area contributed by atoms with Gasteiger partial charge in [0.15, 0.2) is 11.5 Å². The Morgan fingerprint density at radius 3 is 2.26 bits per heavy atom. The lowest BCUT2D eigenvalue weighted by Crippen LogP contribution is -2.27. The third-order valence-electron chi connectivity index (χ3n) is 3.81. The van der Waals surface area contributed by atoms with Crippen LogP contribution >= 0.6 is 15.9 Å². The first-order chi connectivity index (χ1) is 12.8. The summed E-state index contributed by atoms with van der Waals surface area (Å²) < 4.78 is 45.4. The van der Waals surface area contributed by atoms with Crippen LogP contribution in [-0.2, 0) is 10.0 Å². The highest BCUT2D eigenvalue weighted by Crippen LogP contribution is 2.32. The lowest BCUT2D eigenvalue weighted by molar-refractivity contribution is 0.287. The van der Waals surface area contributed by atoms with Crippen LogP contribution in [0.25, 0.3) is 0 Å². The molecule has 8 heteroatoms. The van der Waals surface area contributed by atoms with Gasteiger partial charge in [-0.25, -0.2) is 13.1 Å². The van der Waals surface area contributed by atoms with Gasteiger partial charge in [-0.3, -0.25) is 0 Å². The Hall–Kier alpha value is -1.77. The van der Waals surface area contributed by atoms with Crippen LogP contribution in [0.4, 0.5) is 0 Å². The molecular weight excluding hydrogens is 434 g/mol. The Kier molecular flexibility index (Phi) is 7.52. The molecule has 0 aliphatic carbocycles. The monoisotopic (exact) mass is 457 g/mol. The third-order valence-corrected chi connectivity index (χ3v) is 5.87. The number of methoxy groups -OCH3 is 1. The number of hydrogen-bond donors (Lipinski definition) is 1. The van der Waals surface area contributed by atoms with Crippen LogP contribution in [0.5, 0.6) is 17.2 Å². The van der Waals surface area contributed by atoms with E-state index in [1.165, 1.54) is 13.2 Å². The van der Waals surface area contributed by atoms with Crippen LogP contribution in [0.3, 0.4) is 0 Å². The summed E-state index contributed by atoms with van der Waals surface area (Å²) in [6, 6.07) is 9.76. The molecule has 0 saturated heterocycles. The van der Waals surface area contributed by atoms with Crippen molar-refractivity contribution in [3.63, 3.8) is 0 Å². The summed E-state index contributed by atoms with van der Waals surface area (Å²) in [4.78, 5) is 0.0715. The number of rotatable bonds is 9. The maximum absolute atomic E-state index is 12.9. The van der Waals surface area contributed by atoms with Crippen LogP contribution in [0.2, 0.25) is 0 Å². The van der Waals surface area contributed by atoms with E-state index in [1.54, 1.807) is 31.2 Å². The van der Waals surface area contributed by atoms with E-state index in [0.717, 1.165) is 5.56 Å². The first-order valence-electron chi connectivity index (χ1n) is 8.57. The first kappa shape index (κ1) is 21.5. The molecule has 0 amide bonds. The summed E-state index contributed by atoms with van der Waals surface area (Å²) in [5.74, 6) is 1.49. The summed E-state index contributed by atoms with van der Waals surface area (Å²) in [5, 5.41) is 0. The van der Waals surface area contributed by atoms with Gasteiger partial charge in [0.2, 0.25) is 10.0 Å². The summed E-state index contributed by atoms with van der Waals surface area (Å²) in [6.07, 6.45) is 0. The van der Waals surface area contributed by atoms with Crippen molar-refractivity contribution in [3.8, 4) is 17.2 Å². The highest BCUT2D eigenvalue weighted by molar-refractivity contribution is 9.10. The smallest absolute Gasteiger partial charge is 0.244 e. The van der Waals surface area contributed by atoms with Crippen LogP contribution < -0.4 is 18.9 Å². The average Bonchev–Trinajstić information content (AvgIpc) is 2.63. The number of hydrogen-bond acceptors (Lipinski definition) is 5. The second-order valence-electron chi connectivity index (χ2n) is 5.71. The molecule has 2 aromatic rings. The van der Waals surface area contributed by atoms with Gasteiger partial charge >= 0.3 is 0 Å². The molecule has 0 aliphatic heterocycles. The normalized spacial score (nSPS) is 12.5. The highest BCUT2D eigenvalue weighted by Gasteiger charge is 2.23. The van der Waals surface area contributed by atoms with E-state index in [-0.39, 0.29) is 10.6 Å². The molecule has 0 aliphatic rings. The van der Waals surface area contributed by atoms with Gasteiger partial charge in [-0.1, -0.05) is 22.0 Å². The Labute approximate surface area is 169 Å². The predicted molar refractivity (Wildman–Crippen MR) is 108 cm³/mol. The SMILES string of the molecule is CCOc1ccc(C(C)NS(=O)(=O)c2cc(Br)ccc2OC)cc1OCC. The molecule has 0 heterocycles. The fraction of sp³-hybridized carbons (Fsp3) is 0.368. The maximum Gasteiger partial charge on any atom is 0.244 e. The second-order valence-corrected chi connectivity index (χ2v) is 8.31. The molecule has 0 fully saturated rings. The van der Waals surface area contributed by atoms with E-state index < -0.39 is 16.1 Å². The molecule has 2 aromatic carbocycles. The lowest BCUT2D eigenvalue weighted by Gasteiger charge is -2.18. The summed E-state index contributed by atoms with van der Waals surface area (Å²) in [5.41, 5.74) is 0.763. The number of ether oxygens (including phenoxy) is 3. The van der Waals surface area contributed by atoms with E-state index in [2.05, 4.69) is 20.7 Å². The summed E-state index contributed by atoms with van der Waals surface area (Å²) >= 11 is 3.30. The molecule has 27 heavy (non-hydrogen) atoms. The highest BCUT2D eigenvalue weighted by atomic mass is 79.9. The van der Waals surface area contributed by atoms with Crippen LogP contribution in [-0.4, -0.2) is 28.7 Å². The fourth-order valence-corrected chi connectivity index (χ4v) is 4.50. The predicted octanol–water partition coefficient (Wildman–Crippen LogP) is 4.29. The Bertz CT molecular complexity index is 886. The fourth-order valence-electron chi connectivity index (χ4n) is 2.56. The van der Waals surface area contributed by atoms with Crippen molar-refractivity contribution in [3.05, 3.63) is 46.4 Å². The number of halogens is 1. The Morgan fingerprint density at radius 2 is 1.63 bits per heavy atom. The van der Waals surface area contributed by atoms with Gasteiger partial charge in [0.1, 0.15) is 10.6 Å². The molecule has 1 atom stereocenters. The van der Waals surface area contributed by atoms with Gasteiger partial charge in [-0.2, -0.15) is 0 Å². The maximum atomic E-state index is 12.9. The van der Waals surface area contributed by atoms with Gasteiger partial charge in [-0.15, -0.1) is 0 Å². The number of sulfonamides is 1. The van der Waals surface area contributed by atoms with Crippen molar-refractivity contribution in [2.75, 3.05) is 20.3 Å². The largest absolute Gasteiger partial charge is 0.495 e. The van der Waals surface area contributed by atoms with Crippen molar-refractivity contribution in [2.45, 2.75) is 31.7 Å². The van der Waals surface area contributed by atoms with E-state index in [0.29, 0.717) is 29.2 Å². The number of benzene rings is 2. The summed E-state index contributed by atoms with van der Waals surface area (Å²) in [7, 11) is -2.36. The lowest BCUT2D eigenvalue weighted by atomic mass is 10.1. The minimum Gasteiger partial charge on any atom is -0.495 e. The molecule has 6 nitrogen and oxygen atoms in total. The van der Waals surface area contributed by atoms with E-state index in [9.17, 15) is 8.42 Å². The second kappa shape index (κ2) is 9.43. The standard InChI is InChI=1S/C19H24BrNO5S/c1-5-25-16-9-7-14(11-18(16)26-6-2)13(3)21-27(22,23)19-12-15(20)8-10-17(19)24-4/h7-13,21H,5-6H2,1-4H3. The van der Waals surface area contributed by atoms with E-state index in [1.807, 2.05) is 19.9 Å². The van der Waals surface area contributed by atoms with Gasteiger partial charge < -0.3 is 14.2 Å². The average molecular weight is 458 g/mol. The van der Waals surface area contributed by atoms with E-state index in [4.69, 9.17) is 14.2 Å². The minimum absolute atomic E-state index is 0.0715. The quantitative estimate of drug-likeness (QED) is 0.607. The van der Waals surface area contributed by atoms with Crippen molar-refractivity contribution < 1.29 is 22.6 Å². The first-order valence-corrected chi connectivity index (χ1v) is 10.8. The minimum atomic E-state index is -3.80. The Balaban J connectivity index is 2.32. The molecular formula is C19H24BrNO5S. The van der Waals surface area contributed by atoms with Crippen molar-refractivity contribution in [2.24, 2.45) is 0 Å². The van der Waals surface area contributed by atoms with Crippen molar-refractivity contribution >= 4 is 26.0 Å². The van der Waals surface area contributed by atoms with Crippen LogP contribution in [0.1, 0.15) is 32.4 Å². The molecule has 1 unspecified atom stereocenters. The van der Waals surface area contributed by atoms with Crippen molar-refractivity contribution in [1.29, 1.82) is 0 Å². The molecule has 2 rings (SSSR count). The molecule has 0 bridgehead atoms. The molecule has 1 N–H and O–H groups in total. The number of nitrogens with one attached hydrogen (secondary N) is 1. The zero-order chi connectivity index (χ0) is 20.0. The van der Waals surface area contributed by atoms with Crippen molar-refractivity contribution in [1.82, 2.24) is 4.72 Å². The molecule has 0 spiro atoms. The summed E-state index contributed by atoms with van der Waals surface area (Å²) in [6.45, 7) is 6.55.